The fourth-order valence-corrected chi connectivity index (χ4v) is 2.43. The zero-order valence-corrected chi connectivity index (χ0v) is 16.4. The smallest absolute Gasteiger partial charge is 0.311 e. The topological polar surface area (TPSA) is 120 Å². The van der Waals surface area contributed by atoms with Crippen LogP contribution < -0.4 is 20.1 Å². The highest BCUT2D eigenvalue weighted by molar-refractivity contribution is 6.04. The number of methoxy groups -OCH3 is 1. The van der Waals surface area contributed by atoms with Crippen LogP contribution in [0.5, 0.6) is 11.5 Å². The molecule has 0 saturated heterocycles. The first-order valence-electron chi connectivity index (χ1n) is 9.00. The van der Waals surface area contributed by atoms with E-state index in [2.05, 4.69) is 10.6 Å². The molecule has 2 rings (SSSR count). The van der Waals surface area contributed by atoms with E-state index in [1.165, 1.54) is 25.3 Å². The standard InChI is InChI=1S/C20H23N3O6/c1-4-13(2)21-20(25)15-7-5-6-8-16(15)22-19(24)12-29-14-9-10-17(23(26)27)18(11-14)28-3/h5-11,13H,4,12H2,1-3H3,(H,21,25)(H,22,24)/t13-/m0/s1. The number of nitro benzene ring substituents is 1. The number of hydrogen-bond donors (Lipinski definition) is 2. The van der Waals surface area contributed by atoms with Gasteiger partial charge in [0, 0.05) is 18.2 Å². The van der Waals surface area contributed by atoms with Gasteiger partial charge in [0.2, 0.25) is 5.75 Å². The van der Waals surface area contributed by atoms with Crippen LogP contribution in [0.15, 0.2) is 42.5 Å². The summed E-state index contributed by atoms with van der Waals surface area (Å²) in [6.45, 7) is 3.51. The second-order valence-corrected chi connectivity index (χ2v) is 6.26. The van der Waals surface area contributed by atoms with Gasteiger partial charge in [0.1, 0.15) is 5.75 Å². The molecule has 2 N–H and O–H groups in total. The van der Waals surface area contributed by atoms with E-state index in [4.69, 9.17) is 9.47 Å². The van der Waals surface area contributed by atoms with Gasteiger partial charge in [-0.05, 0) is 31.5 Å². The van der Waals surface area contributed by atoms with Crippen molar-refractivity contribution in [1.82, 2.24) is 5.32 Å². The van der Waals surface area contributed by atoms with E-state index >= 15 is 0 Å². The van der Waals surface area contributed by atoms with Gasteiger partial charge in [0.15, 0.2) is 6.61 Å². The molecule has 0 bridgehead atoms. The molecule has 0 aliphatic rings. The van der Waals surface area contributed by atoms with Crippen LogP contribution in [-0.2, 0) is 4.79 Å². The SMILES string of the molecule is CC[C@H](C)NC(=O)c1ccccc1NC(=O)COc1ccc([N+](=O)[O-])c(OC)c1. The van der Waals surface area contributed by atoms with Crippen molar-refractivity contribution in [1.29, 1.82) is 0 Å². The lowest BCUT2D eigenvalue weighted by molar-refractivity contribution is -0.385. The molecule has 29 heavy (non-hydrogen) atoms. The van der Waals surface area contributed by atoms with Crippen molar-refractivity contribution in [2.24, 2.45) is 0 Å². The number of benzene rings is 2. The maximum atomic E-state index is 12.4. The minimum atomic E-state index is -0.573. The minimum absolute atomic E-state index is 0.00621. The van der Waals surface area contributed by atoms with Crippen molar-refractivity contribution in [3.8, 4) is 11.5 Å². The number of hydrogen-bond acceptors (Lipinski definition) is 6. The highest BCUT2D eigenvalue weighted by Crippen LogP contribution is 2.30. The molecule has 0 fully saturated rings. The second kappa shape index (κ2) is 10.1. The minimum Gasteiger partial charge on any atom is -0.490 e. The van der Waals surface area contributed by atoms with Crippen LogP contribution in [0.3, 0.4) is 0 Å². The van der Waals surface area contributed by atoms with Gasteiger partial charge >= 0.3 is 5.69 Å². The average molecular weight is 401 g/mol. The van der Waals surface area contributed by atoms with E-state index in [9.17, 15) is 19.7 Å². The fraction of sp³-hybridized carbons (Fsp3) is 0.300. The molecule has 9 nitrogen and oxygen atoms in total. The number of carbonyl (C=O) groups is 2. The molecule has 0 aromatic heterocycles. The summed E-state index contributed by atoms with van der Waals surface area (Å²) < 4.78 is 10.4. The summed E-state index contributed by atoms with van der Waals surface area (Å²) in [5.74, 6) is -0.493. The third-order valence-corrected chi connectivity index (χ3v) is 4.15. The molecule has 0 radical (unpaired) electrons. The Labute approximate surface area is 168 Å². The largest absolute Gasteiger partial charge is 0.490 e. The monoisotopic (exact) mass is 401 g/mol. The number of ether oxygens (including phenoxy) is 2. The molecule has 1 atom stereocenters. The lowest BCUT2D eigenvalue weighted by atomic mass is 10.1. The first-order chi connectivity index (χ1) is 13.8. The highest BCUT2D eigenvalue weighted by atomic mass is 16.6. The number of amides is 2. The Hall–Kier alpha value is -3.62. The van der Waals surface area contributed by atoms with Gasteiger partial charge in [-0.15, -0.1) is 0 Å². The van der Waals surface area contributed by atoms with Crippen LogP contribution in [0.25, 0.3) is 0 Å². The summed E-state index contributed by atoms with van der Waals surface area (Å²) in [5, 5.41) is 16.4. The number of nitro groups is 1. The number of rotatable bonds is 9. The molecular weight excluding hydrogens is 378 g/mol. The molecular formula is C20H23N3O6. The summed E-state index contributed by atoms with van der Waals surface area (Å²) in [5.41, 5.74) is 0.506. The number of carbonyl (C=O) groups excluding carboxylic acids is 2. The Balaban J connectivity index is 2.03. The molecule has 0 unspecified atom stereocenters. The number of anilines is 1. The van der Waals surface area contributed by atoms with Gasteiger partial charge in [-0.25, -0.2) is 0 Å². The van der Waals surface area contributed by atoms with Gasteiger partial charge in [0.05, 0.1) is 23.3 Å². The van der Waals surface area contributed by atoms with Crippen molar-refractivity contribution in [2.45, 2.75) is 26.3 Å². The first kappa shape index (κ1) is 21.7. The van der Waals surface area contributed by atoms with Crippen molar-refractivity contribution < 1.29 is 24.0 Å². The van der Waals surface area contributed by atoms with Crippen LogP contribution >= 0.6 is 0 Å². The summed E-state index contributed by atoms with van der Waals surface area (Å²) in [7, 11) is 1.31. The van der Waals surface area contributed by atoms with Crippen LogP contribution in [0.4, 0.5) is 11.4 Å². The molecule has 0 saturated carbocycles. The quantitative estimate of drug-likeness (QED) is 0.492. The third kappa shape index (κ3) is 5.93. The average Bonchev–Trinajstić information content (AvgIpc) is 2.72. The predicted molar refractivity (Wildman–Crippen MR) is 107 cm³/mol. The highest BCUT2D eigenvalue weighted by Gasteiger charge is 2.17. The first-order valence-corrected chi connectivity index (χ1v) is 9.00. The molecule has 0 aliphatic heterocycles. The van der Waals surface area contributed by atoms with E-state index in [0.717, 1.165) is 6.42 Å². The summed E-state index contributed by atoms with van der Waals surface area (Å²) in [4.78, 5) is 35.0. The van der Waals surface area contributed by atoms with E-state index in [1.54, 1.807) is 24.3 Å². The van der Waals surface area contributed by atoms with E-state index < -0.39 is 10.8 Å². The van der Waals surface area contributed by atoms with Gasteiger partial charge in [-0.1, -0.05) is 19.1 Å². The van der Waals surface area contributed by atoms with Crippen molar-refractivity contribution >= 4 is 23.2 Å². The predicted octanol–water partition coefficient (Wildman–Crippen LogP) is 3.15. The van der Waals surface area contributed by atoms with Crippen LogP contribution in [0.1, 0.15) is 30.6 Å². The number of para-hydroxylation sites is 1. The Morgan fingerprint density at radius 2 is 1.93 bits per heavy atom. The molecule has 9 heteroatoms. The van der Waals surface area contributed by atoms with Gasteiger partial charge < -0.3 is 20.1 Å². The second-order valence-electron chi connectivity index (χ2n) is 6.26. The summed E-state index contributed by atoms with van der Waals surface area (Å²) in [6, 6.07) is 10.6. The fourth-order valence-electron chi connectivity index (χ4n) is 2.43. The Bertz CT molecular complexity index is 900. The molecule has 154 valence electrons. The Kier molecular flexibility index (Phi) is 7.53. The lowest BCUT2D eigenvalue weighted by Gasteiger charge is -2.15. The lowest BCUT2D eigenvalue weighted by Crippen LogP contribution is -2.33. The molecule has 0 heterocycles. The number of nitrogens with zero attached hydrogens (tertiary/aromatic N) is 1. The van der Waals surface area contributed by atoms with Crippen molar-refractivity contribution in [3.63, 3.8) is 0 Å². The zero-order chi connectivity index (χ0) is 21.4. The van der Waals surface area contributed by atoms with Gasteiger partial charge in [0.25, 0.3) is 11.8 Å². The summed E-state index contributed by atoms with van der Waals surface area (Å²) in [6.07, 6.45) is 0.785. The normalized spacial score (nSPS) is 11.3. The Morgan fingerprint density at radius 1 is 1.21 bits per heavy atom. The molecule has 0 aliphatic carbocycles. The molecule has 0 spiro atoms. The van der Waals surface area contributed by atoms with E-state index in [0.29, 0.717) is 11.3 Å². The molecule has 2 amide bonds. The van der Waals surface area contributed by atoms with Crippen molar-refractivity contribution in [3.05, 3.63) is 58.1 Å². The maximum absolute atomic E-state index is 12.4. The molecule has 2 aromatic carbocycles. The van der Waals surface area contributed by atoms with Gasteiger partial charge in [-0.2, -0.15) is 0 Å². The summed E-state index contributed by atoms with van der Waals surface area (Å²) >= 11 is 0. The van der Waals surface area contributed by atoms with Crippen molar-refractivity contribution in [2.75, 3.05) is 19.0 Å². The maximum Gasteiger partial charge on any atom is 0.311 e. The van der Waals surface area contributed by atoms with Crippen LogP contribution in [0.2, 0.25) is 0 Å². The van der Waals surface area contributed by atoms with Crippen LogP contribution in [-0.4, -0.2) is 36.5 Å². The zero-order valence-electron chi connectivity index (χ0n) is 16.4. The number of nitrogens with one attached hydrogen (secondary N) is 2. The Morgan fingerprint density at radius 3 is 2.59 bits per heavy atom. The van der Waals surface area contributed by atoms with Gasteiger partial charge in [-0.3, -0.25) is 19.7 Å². The van der Waals surface area contributed by atoms with E-state index in [1.807, 2.05) is 13.8 Å². The van der Waals surface area contributed by atoms with Crippen LogP contribution in [0, 0.1) is 10.1 Å². The van der Waals surface area contributed by atoms with E-state index in [-0.39, 0.29) is 35.7 Å². The third-order valence-electron chi connectivity index (χ3n) is 4.15. The molecule has 2 aromatic rings.